The van der Waals surface area contributed by atoms with Crippen LogP contribution in [0, 0.1) is 11.8 Å². The number of Topliss-reactive ketones (excluding diaryl/α,β-unsaturated/α-hetero) is 2. The molecule has 10 rings (SSSR count). The molecule has 0 spiro atoms. The smallest absolute Gasteiger partial charge is 0.351 e. The molecular formula is C97H148BrF5O41. The molecule has 144 heavy (non-hydrogen) atoms. The fourth-order valence-corrected chi connectivity index (χ4v) is 13.4. The summed E-state index contributed by atoms with van der Waals surface area (Å²) in [4.78, 5) is 148. The van der Waals surface area contributed by atoms with Gasteiger partial charge in [0.2, 0.25) is 28.5 Å². The molecule has 8 fully saturated rings. The van der Waals surface area contributed by atoms with Gasteiger partial charge in [0.15, 0.2) is 70.9 Å². The minimum atomic E-state index is -2.70. The number of ketones is 2. The number of hydrogen-bond acceptors (Lipinski definition) is 41. The van der Waals surface area contributed by atoms with Crippen LogP contribution in [0.5, 0.6) is 0 Å². The first kappa shape index (κ1) is 132. The molecule has 41 nitrogen and oxygen atoms in total. The van der Waals surface area contributed by atoms with Gasteiger partial charge in [-0.25, -0.2) is 55.5 Å². The Balaban J connectivity index is 0.000000555. The molecule has 21 atom stereocenters. The summed E-state index contributed by atoms with van der Waals surface area (Å²) in [6.07, 6.45) is -12.8. The third-order valence-corrected chi connectivity index (χ3v) is 21.6. The number of hydrogen-bond donors (Lipinski definition) is 4. The second kappa shape index (κ2) is 57.9. The first-order chi connectivity index (χ1) is 66.3. The van der Waals surface area contributed by atoms with Gasteiger partial charge in [0.05, 0.1) is 122 Å². The lowest BCUT2D eigenvalue weighted by Gasteiger charge is -2.32. The molecule has 8 aliphatic heterocycles. The maximum atomic E-state index is 15.2. The van der Waals surface area contributed by atoms with Gasteiger partial charge in [0.25, 0.3) is 5.67 Å². The Morgan fingerprint density at radius 1 is 0.438 bits per heavy atom. The molecule has 0 radical (unpaired) electrons. The minimum Gasteiger partial charge on any atom is -0.466 e. The van der Waals surface area contributed by atoms with Gasteiger partial charge in [-0.15, -0.1) is 0 Å². The highest BCUT2D eigenvalue weighted by Gasteiger charge is 2.60. The number of aliphatic hydroxyl groups is 4. The molecule has 0 saturated carbocycles. The summed E-state index contributed by atoms with van der Waals surface area (Å²) < 4.78 is 193. The van der Waals surface area contributed by atoms with Crippen molar-refractivity contribution in [2.75, 3.05) is 99.1 Å². The van der Waals surface area contributed by atoms with Crippen LogP contribution in [0.1, 0.15) is 222 Å². The number of carbonyl (C=O) groups excluding carboxylic acids is 13. The van der Waals surface area contributed by atoms with Crippen LogP contribution in [-0.4, -0.2) is 350 Å². The van der Waals surface area contributed by atoms with E-state index in [0.29, 0.717) is 19.8 Å². The number of cyclic esters (lactones) is 1. The summed E-state index contributed by atoms with van der Waals surface area (Å²) >= 11 is 3.07. The van der Waals surface area contributed by atoms with Gasteiger partial charge in [-0.2, -0.15) is 0 Å². The van der Waals surface area contributed by atoms with Gasteiger partial charge >= 0.3 is 59.7 Å². The Morgan fingerprint density at radius 2 is 0.771 bits per heavy atom. The third-order valence-electron chi connectivity index (χ3n) is 21.2. The van der Waals surface area contributed by atoms with E-state index in [1.807, 2.05) is 0 Å². The number of esters is 10. The minimum absolute atomic E-state index is 0.00517. The van der Waals surface area contributed by atoms with Crippen molar-refractivity contribution in [2.45, 2.75) is 354 Å². The molecule has 47 heteroatoms. The van der Waals surface area contributed by atoms with Crippen molar-refractivity contribution in [1.82, 2.24) is 0 Å². The van der Waals surface area contributed by atoms with Crippen molar-refractivity contribution < 1.29 is 218 Å². The van der Waals surface area contributed by atoms with E-state index >= 15 is 4.39 Å². The van der Waals surface area contributed by atoms with Crippen molar-refractivity contribution in [3.05, 3.63) is 71.8 Å². The Kier molecular flexibility index (Phi) is 52.9. The van der Waals surface area contributed by atoms with Crippen molar-refractivity contribution in [3.63, 3.8) is 0 Å². The molecule has 0 amide bonds. The van der Waals surface area contributed by atoms with Gasteiger partial charge in [-0.1, -0.05) is 52.3 Å². The number of aliphatic hydroxyl groups excluding tert-OH is 4. The van der Waals surface area contributed by atoms with E-state index in [1.165, 1.54) is 38.1 Å². The number of halogens is 6. The summed E-state index contributed by atoms with van der Waals surface area (Å²) in [5, 5.41) is 38.6. The third kappa shape index (κ3) is 41.6. The fraction of sp³-hybridized carbons (Fsp3) is 0.742. The van der Waals surface area contributed by atoms with Crippen molar-refractivity contribution in [3.8, 4) is 0 Å². The predicted molar refractivity (Wildman–Crippen MR) is 497 cm³/mol. The summed E-state index contributed by atoms with van der Waals surface area (Å²) in [7, 11) is 0. The zero-order valence-electron chi connectivity index (χ0n) is 87.4. The van der Waals surface area contributed by atoms with Crippen LogP contribution in [0.15, 0.2) is 60.7 Å². The zero-order valence-corrected chi connectivity index (χ0v) is 88.9. The Morgan fingerprint density at radius 3 is 1.10 bits per heavy atom. The molecule has 824 valence electrons. The second-order valence-electron chi connectivity index (χ2n) is 36.8. The first-order valence-electron chi connectivity index (χ1n) is 46.7. The van der Waals surface area contributed by atoms with Crippen LogP contribution in [0.4, 0.5) is 22.0 Å². The maximum absolute atomic E-state index is 15.2. The molecule has 2 aromatic rings. The summed E-state index contributed by atoms with van der Waals surface area (Å²) in [5.41, 5.74) is -12.3. The van der Waals surface area contributed by atoms with Gasteiger partial charge in [0, 0.05) is 0 Å². The average Bonchev–Trinajstić information content (AvgIpc) is 1.61. The quantitative estimate of drug-likeness (QED) is 0.0132. The normalized spacial score (nSPS) is 26.3. The lowest BCUT2D eigenvalue weighted by atomic mass is 9.96. The predicted octanol–water partition coefficient (Wildman–Crippen LogP) is 9.37. The highest BCUT2D eigenvalue weighted by molar-refractivity contribution is 9.10. The van der Waals surface area contributed by atoms with E-state index in [2.05, 4.69) is 39.6 Å². The number of alkyl halides is 6. The Bertz CT molecular complexity index is 4340. The summed E-state index contributed by atoms with van der Waals surface area (Å²) in [5.74, 6) is -16.7. The summed E-state index contributed by atoms with van der Waals surface area (Å²) in [6.45, 7) is 46.3. The maximum Gasteiger partial charge on any atom is 0.351 e. The van der Waals surface area contributed by atoms with E-state index < -0.39 is 220 Å². The number of aldehydes is 1. The van der Waals surface area contributed by atoms with Crippen LogP contribution in [0.2, 0.25) is 0 Å². The molecule has 8 aliphatic rings. The van der Waals surface area contributed by atoms with Crippen molar-refractivity contribution in [1.29, 1.82) is 0 Å². The van der Waals surface area contributed by atoms with Crippen LogP contribution < -0.4 is 0 Å². The SMILES string of the molecule is CC1(C)OCC(C=O)O1.CCOC(=O)C(C)(F)C(=O)C1COC(C)(C)O1.CCOC(=O)C(C)(F)[C@H](OC(=O)c1ccccc1)C1COC(C)(C)O1.CCOC(=O)C(C)Br.CCOC(=O)C(C)C(=O)C1COC(C)(C)O1.CCOC(=O)C(C)C(O)[C@H]1COC(C)(C)O1.CCOC(=O)[C@@](C)(F)[C@@H](O)C1COC(C)(C)O1.CCOC(=O)[C@](C)(F)[C@H](O)C1COC(C)(C)O1.C[C@]1(F)C(=O)OC(CO)[C@H]1OC(=O)c1ccccc1. The van der Waals surface area contributed by atoms with E-state index in [0.717, 1.165) is 40.9 Å². The van der Waals surface area contributed by atoms with Crippen LogP contribution in [0.3, 0.4) is 0 Å². The van der Waals surface area contributed by atoms with Crippen molar-refractivity contribution >= 4 is 93.5 Å². The Hall–Kier alpha value is -8.44. The Labute approximate surface area is 844 Å². The van der Waals surface area contributed by atoms with E-state index in [-0.39, 0.29) is 106 Å². The summed E-state index contributed by atoms with van der Waals surface area (Å²) in [6, 6.07) is 16.1. The number of carbonyl (C=O) groups is 13. The van der Waals surface area contributed by atoms with Gasteiger partial charge in [-0.05, 0) is 225 Å². The molecular weight excluding hydrogens is 2000 g/mol. The molecule has 4 N–H and O–H groups in total. The monoisotopic (exact) mass is 2140 g/mol. The highest BCUT2D eigenvalue weighted by atomic mass is 79.9. The lowest BCUT2D eigenvalue weighted by molar-refractivity contribution is -0.183. The van der Waals surface area contributed by atoms with Crippen LogP contribution >= 0.6 is 15.9 Å². The van der Waals surface area contributed by atoms with E-state index in [4.69, 9.17) is 95.1 Å². The van der Waals surface area contributed by atoms with E-state index in [1.54, 1.807) is 189 Å². The van der Waals surface area contributed by atoms with Gasteiger partial charge < -0.3 is 139 Å². The standard InChI is InChI=1S/C18H23FO6.C13H13FO5.2C11H19FO5.C11H17FO5.C11H20O5.C11H18O5.C6H10O3.C5H9BrO2/c1-5-22-16(21)18(4,19)14(13-11-23-17(2,3)25-13)24-15(20)12-9-7-6-8-10-12;1-13(14)10(9(7-15)18-12(13)17)19-11(16)8-5-3-2-4-6-8;3*1-5-15-9(14)11(4,12)8(13)7-6-16-10(2,3)17-7;2*1-5-14-10(13)7(2)9(12)8-6-15-11(3,4)16-8;1-6(2)8-4-5(3-7)9-6;1-3-8-5(7)4(2)6/h6-10,13-14H,5,11H2,1-4H3;2-6,9-10,15H,7H2,1H3;2*7-8,13H,5-6H2,1-4H3;7H,5-6H2,1-4H3;7-9,12H,5-6H2,1-4H3;7-8H,5-6H2,1-4H3;3,5H,4H2,1-2H3;4H,3H2,1-2H3/t13?,14-,18?;9?,10-,13-;2*7?,8-,11-;;7?,8-,9?;;;/m1110.1.../s1. The molecule has 0 aromatic heterocycles. The van der Waals surface area contributed by atoms with Crippen molar-refractivity contribution in [2.24, 2.45) is 11.8 Å². The molecule has 2 aromatic carbocycles. The number of rotatable bonds is 32. The lowest BCUT2D eigenvalue weighted by Crippen LogP contribution is -2.53. The second-order valence-corrected chi connectivity index (χ2v) is 38.2. The average molecular weight is 2150 g/mol. The van der Waals surface area contributed by atoms with Gasteiger partial charge in [-0.3, -0.25) is 24.0 Å². The molecule has 8 saturated heterocycles. The van der Waals surface area contributed by atoms with Crippen LogP contribution in [0.25, 0.3) is 0 Å². The van der Waals surface area contributed by atoms with Crippen LogP contribution in [-0.2, 0) is 166 Å². The fourth-order valence-electron chi connectivity index (χ4n) is 13.3. The molecule has 13 unspecified atom stereocenters. The topological polar surface area (TPSA) is 524 Å². The first-order valence-corrected chi connectivity index (χ1v) is 47.6. The highest BCUT2D eigenvalue weighted by Crippen LogP contribution is 2.39. The molecule has 8 heterocycles. The largest absolute Gasteiger partial charge is 0.466 e. The van der Waals surface area contributed by atoms with Gasteiger partial charge in [0.1, 0.15) is 65.7 Å². The number of benzene rings is 2. The number of ether oxygens (including phenoxy) is 24. The van der Waals surface area contributed by atoms with E-state index in [9.17, 15) is 95.2 Å². The molecule has 0 bridgehead atoms. The zero-order chi connectivity index (χ0) is 111. The molecule has 0 aliphatic carbocycles.